The molecule has 0 saturated carbocycles. The van der Waals surface area contributed by atoms with E-state index in [9.17, 15) is 4.79 Å². The third kappa shape index (κ3) is 4.12. The van der Waals surface area contributed by atoms with Crippen molar-refractivity contribution in [1.82, 2.24) is 9.99 Å². The summed E-state index contributed by atoms with van der Waals surface area (Å²) in [6.45, 7) is 5.01. The average Bonchev–Trinajstić information content (AvgIpc) is 2.89. The van der Waals surface area contributed by atoms with Crippen LogP contribution in [0.1, 0.15) is 42.0 Å². The molecule has 0 fully saturated rings. The Kier molecular flexibility index (Phi) is 5.63. The highest BCUT2D eigenvalue weighted by atomic mass is 35.5. The van der Waals surface area contributed by atoms with E-state index in [0.29, 0.717) is 23.2 Å². The van der Waals surface area contributed by atoms with Crippen LogP contribution in [-0.2, 0) is 13.0 Å². The molecule has 0 aliphatic rings. The van der Waals surface area contributed by atoms with Gasteiger partial charge in [-0.05, 0) is 48.6 Å². The molecule has 118 valence electrons. The zero-order valence-electron chi connectivity index (χ0n) is 13.0. The van der Waals surface area contributed by atoms with Crippen molar-refractivity contribution in [2.45, 2.75) is 33.2 Å². The fraction of sp³-hybridized carbons (Fsp3) is 0.353. The summed E-state index contributed by atoms with van der Waals surface area (Å²) in [6.07, 6.45) is 2.01. The number of nitrogens with two attached hydrogens (primary N) is 1. The molecule has 0 aliphatic heterocycles. The Morgan fingerprint density at radius 1 is 1.23 bits per heavy atom. The molecule has 1 amide bonds. The van der Waals surface area contributed by atoms with Crippen LogP contribution in [-0.4, -0.2) is 10.5 Å². The van der Waals surface area contributed by atoms with E-state index in [0.717, 1.165) is 24.1 Å². The SMILES string of the molecule is CC(C)CCc1ccc(C(=O)NN)n1Cc1ccc(Cl)cc1. The smallest absolute Gasteiger partial charge is 0.281 e. The number of hydrogen-bond acceptors (Lipinski definition) is 2. The van der Waals surface area contributed by atoms with Crippen LogP contribution in [0.3, 0.4) is 0 Å². The Bertz CT molecular complexity index is 632. The maximum absolute atomic E-state index is 12.0. The Balaban J connectivity index is 2.29. The molecule has 1 aromatic carbocycles. The molecule has 4 nitrogen and oxygen atoms in total. The maximum Gasteiger partial charge on any atom is 0.281 e. The van der Waals surface area contributed by atoms with Crippen molar-refractivity contribution in [3.63, 3.8) is 0 Å². The monoisotopic (exact) mass is 319 g/mol. The van der Waals surface area contributed by atoms with Crippen molar-refractivity contribution in [1.29, 1.82) is 0 Å². The number of amides is 1. The number of aryl methyl sites for hydroxylation is 1. The van der Waals surface area contributed by atoms with Gasteiger partial charge in [0.1, 0.15) is 5.69 Å². The normalized spacial score (nSPS) is 11.0. The molecule has 1 heterocycles. The Morgan fingerprint density at radius 3 is 2.50 bits per heavy atom. The van der Waals surface area contributed by atoms with Crippen LogP contribution in [0.25, 0.3) is 0 Å². The van der Waals surface area contributed by atoms with Crippen LogP contribution in [0, 0.1) is 5.92 Å². The van der Waals surface area contributed by atoms with Crippen molar-refractivity contribution in [2.75, 3.05) is 0 Å². The molecule has 0 atom stereocenters. The van der Waals surface area contributed by atoms with E-state index < -0.39 is 0 Å². The minimum atomic E-state index is -0.273. The summed E-state index contributed by atoms with van der Waals surface area (Å²) in [5.74, 6) is 5.63. The van der Waals surface area contributed by atoms with E-state index in [-0.39, 0.29) is 5.91 Å². The van der Waals surface area contributed by atoms with Gasteiger partial charge in [0.05, 0.1) is 0 Å². The van der Waals surface area contributed by atoms with Crippen molar-refractivity contribution in [3.05, 3.63) is 58.4 Å². The van der Waals surface area contributed by atoms with Gasteiger partial charge in [-0.3, -0.25) is 10.2 Å². The Morgan fingerprint density at radius 2 is 1.91 bits per heavy atom. The second-order valence-electron chi connectivity index (χ2n) is 5.83. The topological polar surface area (TPSA) is 60.1 Å². The van der Waals surface area contributed by atoms with E-state index in [1.807, 2.05) is 41.0 Å². The van der Waals surface area contributed by atoms with Gasteiger partial charge >= 0.3 is 0 Å². The molecule has 0 radical (unpaired) electrons. The van der Waals surface area contributed by atoms with Crippen LogP contribution in [0.2, 0.25) is 5.02 Å². The van der Waals surface area contributed by atoms with E-state index in [2.05, 4.69) is 19.3 Å². The van der Waals surface area contributed by atoms with Crippen LogP contribution in [0.5, 0.6) is 0 Å². The lowest BCUT2D eigenvalue weighted by Gasteiger charge is -2.14. The minimum absolute atomic E-state index is 0.273. The van der Waals surface area contributed by atoms with Gasteiger partial charge in [-0.2, -0.15) is 0 Å². The highest BCUT2D eigenvalue weighted by Crippen LogP contribution is 2.18. The number of hydrogen-bond donors (Lipinski definition) is 2. The van der Waals surface area contributed by atoms with Gasteiger partial charge in [-0.1, -0.05) is 37.6 Å². The van der Waals surface area contributed by atoms with Gasteiger partial charge in [0.2, 0.25) is 0 Å². The van der Waals surface area contributed by atoms with Gasteiger partial charge in [0.15, 0.2) is 0 Å². The van der Waals surface area contributed by atoms with Gasteiger partial charge < -0.3 is 4.57 Å². The molecular formula is C17H22ClN3O. The molecule has 0 aliphatic carbocycles. The summed E-state index contributed by atoms with van der Waals surface area (Å²) in [6, 6.07) is 11.5. The fourth-order valence-corrected chi connectivity index (χ4v) is 2.52. The van der Waals surface area contributed by atoms with E-state index in [1.54, 1.807) is 0 Å². The maximum atomic E-state index is 12.0. The second kappa shape index (κ2) is 7.47. The van der Waals surface area contributed by atoms with E-state index in [1.165, 1.54) is 0 Å². The number of benzene rings is 1. The second-order valence-corrected chi connectivity index (χ2v) is 6.26. The summed E-state index contributed by atoms with van der Waals surface area (Å²) in [5.41, 5.74) is 5.03. The zero-order valence-corrected chi connectivity index (χ0v) is 13.7. The molecule has 0 spiro atoms. The number of nitrogens with one attached hydrogen (secondary N) is 1. The molecule has 0 bridgehead atoms. The van der Waals surface area contributed by atoms with E-state index >= 15 is 0 Å². The lowest BCUT2D eigenvalue weighted by Crippen LogP contribution is -2.32. The van der Waals surface area contributed by atoms with Crippen LogP contribution in [0.15, 0.2) is 36.4 Å². The summed E-state index contributed by atoms with van der Waals surface area (Å²) in [4.78, 5) is 12.0. The third-order valence-corrected chi connectivity index (χ3v) is 3.92. The predicted molar refractivity (Wildman–Crippen MR) is 89.8 cm³/mol. The molecular weight excluding hydrogens is 298 g/mol. The molecule has 5 heteroatoms. The van der Waals surface area contributed by atoms with Gasteiger partial charge in [-0.25, -0.2) is 5.84 Å². The fourth-order valence-electron chi connectivity index (χ4n) is 2.40. The summed E-state index contributed by atoms with van der Waals surface area (Å²) < 4.78 is 2.02. The standard InChI is InChI=1S/C17H22ClN3O/c1-12(2)3-8-15-9-10-16(17(22)20-19)21(15)11-13-4-6-14(18)7-5-13/h4-7,9-10,12H,3,8,11,19H2,1-2H3,(H,20,22). The summed E-state index contributed by atoms with van der Waals surface area (Å²) in [7, 11) is 0. The van der Waals surface area contributed by atoms with Crippen molar-refractivity contribution < 1.29 is 4.79 Å². The minimum Gasteiger partial charge on any atom is -0.336 e. The molecule has 0 unspecified atom stereocenters. The van der Waals surface area contributed by atoms with Crippen LogP contribution in [0.4, 0.5) is 0 Å². The molecule has 22 heavy (non-hydrogen) atoms. The Hall–Kier alpha value is -1.78. The van der Waals surface area contributed by atoms with Crippen molar-refractivity contribution in [2.24, 2.45) is 11.8 Å². The first-order valence-electron chi connectivity index (χ1n) is 7.45. The molecule has 2 rings (SSSR count). The largest absolute Gasteiger partial charge is 0.336 e. The van der Waals surface area contributed by atoms with E-state index in [4.69, 9.17) is 17.4 Å². The first kappa shape index (κ1) is 16.6. The lowest BCUT2D eigenvalue weighted by molar-refractivity contribution is 0.0944. The average molecular weight is 320 g/mol. The number of hydrazine groups is 1. The Labute approximate surface area is 136 Å². The molecule has 1 aromatic heterocycles. The number of carbonyl (C=O) groups is 1. The predicted octanol–water partition coefficient (Wildman–Crippen LogP) is 3.38. The first-order valence-corrected chi connectivity index (χ1v) is 7.83. The summed E-state index contributed by atoms with van der Waals surface area (Å²) in [5, 5.41) is 0.705. The third-order valence-electron chi connectivity index (χ3n) is 3.67. The highest BCUT2D eigenvalue weighted by molar-refractivity contribution is 6.30. The summed E-state index contributed by atoms with van der Waals surface area (Å²) >= 11 is 5.93. The zero-order chi connectivity index (χ0) is 16.1. The molecule has 2 aromatic rings. The first-order chi connectivity index (χ1) is 10.5. The van der Waals surface area contributed by atoms with Gasteiger partial charge in [0.25, 0.3) is 5.91 Å². The number of halogens is 1. The highest BCUT2D eigenvalue weighted by Gasteiger charge is 2.14. The van der Waals surface area contributed by atoms with Gasteiger partial charge in [0, 0.05) is 17.3 Å². The number of rotatable bonds is 6. The van der Waals surface area contributed by atoms with Crippen molar-refractivity contribution >= 4 is 17.5 Å². The number of carbonyl (C=O) groups excluding carboxylic acids is 1. The quantitative estimate of drug-likeness (QED) is 0.487. The number of nitrogen functional groups attached to an aromatic ring is 1. The molecule has 0 saturated heterocycles. The lowest BCUT2D eigenvalue weighted by atomic mass is 10.1. The van der Waals surface area contributed by atoms with Crippen LogP contribution < -0.4 is 11.3 Å². The van der Waals surface area contributed by atoms with Gasteiger partial charge in [-0.15, -0.1) is 0 Å². The molecule has 3 N–H and O–H groups in total. The van der Waals surface area contributed by atoms with Crippen molar-refractivity contribution in [3.8, 4) is 0 Å². The van der Waals surface area contributed by atoms with Crippen LogP contribution >= 0.6 is 11.6 Å². The number of nitrogens with zero attached hydrogens (tertiary/aromatic N) is 1. The number of aromatic nitrogens is 1.